The lowest BCUT2D eigenvalue weighted by molar-refractivity contribution is 0.202. The Balaban J connectivity index is 1.32. The van der Waals surface area contributed by atoms with Crippen molar-refractivity contribution >= 4 is 11.6 Å². The standard InChI is InChI=1S/C25H31N3O/c29-25(28-17-13-22(14-18-28)21-9-3-1-4-10-21)26-19-23-11-5-6-12-24(23)20-27-15-7-2-8-16-27/h1,3-6,9-13H,2,7-8,14-20H2,(H,26,29). The van der Waals surface area contributed by atoms with Gasteiger partial charge in [0, 0.05) is 26.2 Å². The Morgan fingerprint density at radius 3 is 2.31 bits per heavy atom. The van der Waals surface area contributed by atoms with Crippen molar-refractivity contribution in [1.29, 1.82) is 0 Å². The molecule has 2 amide bonds. The second-order valence-corrected chi connectivity index (χ2v) is 8.06. The van der Waals surface area contributed by atoms with E-state index >= 15 is 0 Å². The summed E-state index contributed by atoms with van der Waals surface area (Å²) in [6.45, 7) is 5.39. The fourth-order valence-electron chi connectivity index (χ4n) is 4.29. The van der Waals surface area contributed by atoms with E-state index in [0.717, 1.165) is 19.5 Å². The maximum Gasteiger partial charge on any atom is 0.317 e. The van der Waals surface area contributed by atoms with Gasteiger partial charge in [0.2, 0.25) is 0 Å². The number of rotatable bonds is 5. The number of piperidine rings is 1. The number of benzene rings is 2. The van der Waals surface area contributed by atoms with Gasteiger partial charge in [-0.05, 0) is 54.6 Å². The van der Waals surface area contributed by atoms with Crippen LogP contribution in [0.5, 0.6) is 0 Å². The normalized spacial score (nSPS) is 17.7. The van der Waals surface area contributed by atoms with Crippen molar-refractivity contribution in [2.45, 2.75) is 38.8 Å². The highest BCUT2D eigenvalue weighted by Crippen LogP contribution is 2.22. The van der Waals surface area contributed by atoms with Gasteiger partial charge in [-0.3, -0.25) is 4.90 Å². The minimum atomic E-state index is 0.0288. The number of hydrogen-bond acceptors (Lipinski definition) is 2. The highest BCUT2D eigenvalue weighted by molar-refractivity contribution is 5.76. The van der Waals surface area contributed by atoms with E-state index in [2.05, 4.69) is 64.8 Å². The fraction of sp³-hybridized carbons (Fsp3) is 0.400. The third kappa shape index (κ3) is 5.27. The first-order chi connectivity index (χ1) is 14.3. The maximum atomic E-state index is 12.7. The summed E-state index contributed by atoms with van der Waals surface area (Å²) in [7, 11) is 0. The molecular formula is C25H31N3O. The first kappa shape index (κ1) is 19.7. The second-order valence-electron chi connectivity index (χ2n) is 8.06. The summed E-state index contributed by atoms with van der Waals surface area (Å²) in [6, 6.07) is 19.0. The van der Waals surface area contributed by atoms with Gasteiger partial charge in [-0.1, -0.05) is 67.1 Å². The van der Waals surface area contributed by atoms with Gasteiger partial charge in [0.05, 0.1) is 0 Å². The highest BCUT2D eigenvalue weighted by Gasteiger charge is 2.18. The third-order valence-electron chi connectivity index (χ3n) is 6.03. The second kappa shape index (κ2) is 9.75. The quantitative estimate of drug-likeness (QED) is 0.806. The number of likely N-dealkylation sites (tertiary alicyclic amines) is 1. The largest absolute Gasteiger partial charge is 0.334 e. The zero-order valence-electron chi connectivity index (χ0n) is 17.1. The molecule has 4 nitrogen and oxygen atoms in total. The predicted molar refractivity (Wildman–Crippen MR) is 118 cm³/mol. The number of carbonyl (C=O) groups is 1. The number of hydrogen-bond donors (Lipinski definition) is 1. The summed E-state index contributed by atoms with van der Waals surface area (Å²) in [5, 5.41) is 3.14. The van der Waals surface area contributed by atoms with Crippen LogP contribution >= 0.6 is 0 Å². The van der Waals surface area contributed by atoms with Crippen LogP contribution in [-0.2, 0) is 13.1 Å². The SMILES string of the molecule is O=C(NCc1ccccc1CN1CCCCC1)N1CC=C(c2ccccc2)CC1. The first-order valence-electron chi connectivity index (χ1n) is 10.9. The molecule has 0 saturated carbocycles. The van der Waals surface area contributed by atoms with Crippen LogP contribution in [0.4, 0.5) is 4.79 Å². The van der Waals surface area contributed by atoms with Gasteiger partial charge in [-0.25, -0.2) is 4.79 Å². The average molecular weight is 390 g/mol. The summed E-state index contributed by atoms with van der Waals surface area (Å²) in [4.78, 5) is 17.1. The van der Waals surface area contributed by atoms with Gasteiger partial charge >= 0.3 is 6.03 Å². The number of urea groups is 1. The Morgan fingerprint density at radius 2 is 1.59 bits per heavy atom. The van der Waals surface area contributed by atoms with E-state index in [-0.39, 0.29) is 6.03 Å². The molecule has 0 unspecified atom stereocenters. The summed E-state index contributed by atoms with van der Waals surface area (Å²) in [5.41, 5.74) is 5.16. The zero-order chi connectivity index (χ0) is 19.9. The van der Waals surface area contributed by atoms with Crippen LogP contribution in [0, 0.1) is 0 Å². The van der Waals surface area contributed by atoms with Crippen molar-refractivity contribution in [2.24, 2.45) is 0 Å². The minimum Gasteiger partial charge on any atom is -0.334 e. The number of carbonyl (C=O) groups excluding carboxylic acids is 1. The summed E-state index contributed by atoms with van der Waals surface area (Å²) in [6.07, 6.45) is 7.04. The van der Waals surface area contributed by atoms with E-state index in [1.165, 1.54) is 54.6 Å². The number of nitrogens with one attached hydrogen (secondary N) is 1. The Labute approximate surface area is 174 Å². The molecule has 4 heteroatoms. The lowest BCUT2D eigenvalue weighted by Gasteiger charge is -2.28. The van der Waals surface area contributed by atoms with E-state index in [1.807, 2.05) is 11.0 Å². The van der Waals surface area contributed by atoms with Crippen LogP contribution in [0.25, 0.3) is 5.57 Å². The lowest BCUT2D eigenvalue weighted by atomic mass is 10.00. The average Bonchev–Trinajstić information content (AvgIpc) is 2.80. The van der Waals surface area contributed by atoms with Crippen LogP contribution in [0.3, 0.4) is 0 Å². The smallest absolute Gasteiger partial charge is 0.317 e. The molecule has 2 aromatic carbocycles. The van der Waals surface area contributed by atoms with Gasteiger partial charge in [0.1, 0.15) is 0 Å². The van der Waals surface area contributed by atoms with Crippen LogP contribution in [-0.4, -0.2) is 42.0 Å². The molecule has 2 aliphatic heterocycles. The Hall–Kier alpha value is -2.59. The minimum absolute atomic E-state index is 0.0288. The predicted octanol–water partition coefficient (Wildman–Crippen LogP) is 4.67. The van der Waals surface area contributed by atoms with Gasteiger partial charge in [0.15, 0.2) is 0 Å². The molecule has 1 N–H and O–H groups in total. The topological polar surface area (TPSA) is 35.6 Å². The molecular weight excluding hydrogens is 358 g/mol. The Kier molecular flexibility index (Phi) is 6.63. The molecule has 0 spiro atoms. The van der Waals surface area contributed by atoms with Crippen LogP contribution in [0.1, 0.15) is 42.4 Å². The molecule has 0 atom stereocenters. The molecule has 0 aromatic heterocycles. The monoisotopic (exact) mass is 389 g/mol. The molecule has 29 heavy (non-hydrogen) atoms. The molecule has 0 aliphatic carbocycles. The third-order valence-corrected chi connectivity index (χ3v) is 6.03. The van der Waals surface area contributed by atoms with Crippen LogP contribution in [0.2, 0.25) is 0 Å². The van der Waals surface area contributed by atoms with Crippen LogP contribution < -0.4 is 5.32 Å². The van der Waals surface area contributed by atoms with Gasteiger partial charge < -0.3 is 10.2 Å². The Morgan fingerprint density at radius 1 is 0.862 bits per heavy atom. The van der Waals surface area contributed by atoms with Crippen molar-refractivity contribution in [2.75, 3.05) is 26.2 Å². The van der Waals surface area contributed by atoms with Crippen molar-refractivity contribution in [3.8, 4) is 0 Å². The number of nitrogens with zero attached hydrogens (tertiary/aromatic N) is 2. The molecule has 1 fully saturated rings. The molecule has 0 bridgehead atoms. The first-order valence-corrected chi connectivity index (χ1v) is 10.9. The van der Waals surface area contributed by atoms with E-state index in [9.17, 15) is 4.79 Å². The molecule has 1 saturated heterocycles. The van der Waals surface area contributed by atoms with E-state index in [4.69, 9.17) is 0 Å². The Bertz CT molecular complexity index is 840. The van der Waals surface area contributed by atoms with E-state index in [1.54, 1.807) is 0 Å². The van der Waals surface area contributed by atoms with Gasteiger partial charge in [0.25, 0.3) is 0 Å². The molecule has 2 aliphatic rings. The molecule has 4 rings (SSSR count). The van der Waals surface area contributed by atoms with Gasteiger partial charge in [-0.15, -0.1) is 0 Å². The van der Waals surface area contributed by atoms with Crippen molar-refractivity contribution in [3.63, 3.8) is 0 Å². The van der Waals surface area contributed by atoms with Crippen molar-refractivity contribution in [3.05, 3.63) is 77.4 Å². The highest BCUT2D eigenvalue weighted by atomic mass is 16.2. The van der Waals surface area contributed by atoms with Crippen molar-refractivity contribution < 1.29 is 4.79 Å². The van der Waals surface area contributed by atoms with Gasteiger partial charge in [-0.2, -0.15) is 0 Å². The van der Waals surface area contributed by atoms with E-state index < -0.39 is 0 Å². The summed E-state index contributed by atoms with van der Waals surface area (Å²) < 4.78 is 0. The molecule has 2 heterocycles. The summed E-state index contributed by atoms with van der Waals surface area (Å²) >= 11 is 0. The molecule has 2 aromatic rings. The summed E-state index contributed by atoms with van der Waals surface area (Å²) in [5.74, 6) is 0. The zero-order valence-corrected chi connectivity index (χ0v) is 17.1. The maximum absolute atomic E-state index is 12.7. The van der Waals surface area contributed by atoms with Crippen molar-refractivity contribution in [1.82, 2.24) is 15.1 Å². The molecule has 0 radical (unpaired) electrons. The number of amides is 2. The molecule has 152 valence electrons. The van der Waals surface area contributed by atoms with Crippen LogP contribution in [0.15, 0.2) is 60.7 Å². The lowest BCUT2D eigenvalue weighted by Crippen LogP contribution is -2.42. The van der Waals surface area contributed by atoms with E-state index in [0.29, 0.717) is 13.1 Å². The fourth-order valence-corrected chi connectivity index (χ4v) is 4.29.